The van der Waals surface area contributed by atoms with Gasteiger partial charge in [-0.3, -0.25) is 4.79 Å². The Balaban J connectivity index is 2.11. The average Bonchev–Trinajstić information content (AvgIpc) is 2.64. The molecule has 0 aliphatic carbocycles. The number of rotatable bonds is 7. The first kappa shape index (κ1) is 12.8. The first-order valence-corrected chi connectivity index (χ1v) is 5.58. The van der Waals surface area contributed by atoms with Crippen molar-refractivity contribution in [3.63, 3.8) is 0 Å². The summed E-state index contributed by atoms with van der Waals surface area (Å²) in [4.78, 5) is 23.6. The van der Waals surface area contributed by atoms with E-state index in [-0.39, 0.29) is 6.03 Å². The molecule has 1 rings (SSSR count). The maximum atomic E-state index is 11.2. The molecule has 1 heterocycles. The predicted octanol–water partition coefficient (Wildman–Crippen LogP) is -0.145. The number of carboxylic acid groups (broad SMARTS) is 1. The molecule has 0 aromatic rings. The van der Waals surface area contributed by atoms with E-state index in [1.807, 2.05) is 0 Å². The normalized spacial score (nSPS) is 17.3. The summed E-state index contributed by atoms with van der Waals surface area (Å²) in [5.41, 5.74) is 0. The number of carbonyl (C=O) groups excluding carboxylic acids is 1. The van der Waals surface area contributed by atoms with E-state index >= 15 is 0 Å². The van der Waals surface area contributed by atoms with Crippen molar-refractivity contribution in [2.24, 2.45) is 0 Å². The number of carboxylic acids is 1. The van der Waals surface area contributed by atoms with Gasteiger partial charge in [-0.15, -0.1) is 0 Å². The molecule has 3 N–H and O–H groups in total. The first-order valence-electron chi connectivity index (χ1n) is 5.58. The van der Waals surface area contributed by atoms with E-state index in [1.165, 1.54) is 0 Å². The quantitative estimate of drug-likeness (QED) is 0.530. The Hall–Kier alpha value is -1.30. The van der Waals surface area contributed by atoms with Crippen molar-refractivity contribution < 1.29 is 14.7 Å². The van der Waals surface area contributed by atoms with Crippen molar-refractivity contribution in [2.75, 3.05) is 26.7 Å². The Morgan fingerprint density at radius 3 is 2.88 bits per heavy atom. The summed E-state index contributed by atoms with van der Waals surface area (Å²) in [6.07, 6.45) is 2.25. The monoisotopic (exact) mass is 229 g/mol. The predicted molar refractivity (Wildman–Crippen MR) is 59.3 cm³/mol. The van der Waals surface area contributed by atoms with Crippen LogP contribution in [0.2, 0.25) is 0 Å². The highest BCUT2D eigenvalue weighted by Crippen LogP contribution is 2.05. The largest absolute Gasteiger partial charge is 0.480 e. The van der Waals surface area contributed by atoms with Gasteiger partial charge in [-0.1, -0.05) is 0 Å². The molecule has 0 aromatic carbocycles. The highest BCUT2D eigenvalue weighted by molar-refractivity contribution is 5.76. The molecule has 0 aromatic heterocycles. The van der Waals surface area contributed by atoms with Gasteiger partial charge in [0.15, 0.2) is 0 Å². The Morgan fingerprint density at radius 2 is 2.38 bits per heavy atom. The molecular formula is C10H19N3O3. The van der Waals surface area contributed by atoms with Gasteiger partial charge in [0.25, 0.3) is 0 Å². The van der Waals surface area contributed by atoms with Crippen LogP contribution in [0.25, 0.3) is 0 Å². The minimum Gasteiger partial charge on any atom is -0.480 e. The van der Waals surface area contributed by atoms with E-state index in [4.69, 9.17) is 5.11 Å². The van der Waals surface area contributed by atoms with Crippen molar-refractivity contribution >= 4 is 12.0 Å². The molecule has 0 saturated carbocycles. The molecule has 2 amide bonds. The second kappa shape index (κ2) is 6.32. The van der Waals surface area contributed by atoms with Crippen molar-refractivity contribution in [2.45, 2.75) is 25.3 Å². The molecule has 0 spiro atoms. The summed E-state index contributed by atoms with van der Waals surface area (Å²) >= 11 is 0. The lowest BCUT2D eigenvalue weighted by Crippen LogP contribution is -2.34. The van der Waals surface area contributed by atoms with Gasteiger partial charge < -0.3 is 20.6 Å². The molecule has 1 aliphatic rings. The summed E-state index contributed by atoms with van der Waals surface area (Å²) < 4.78 is 0. The third-order valence-corrected chi connectivity index (χ3v) is 2.76. The molecular weight excluding hydrogens is 210 g/mol. The fourth-order valence-corrected chi connectivity index (χ4v) is 1.77. The number of likely N-dealkylation sites (N-methyl/N-ethyl adjacent to an activating group) is 1. The fraction of sp³-hybridized carbons (Fsp3) is 0.800. The topological polar surface area (TPSA) is 81.7 Å². The first-order chi connectivity index (χ1) is 7.65. The molecule has 0 bridgehead atoms. The Morgan fingerprint density at radius 1 is 1.62 bits per heavy atom. The Bertz CT molecular complexity index is 254. The van der Waals surface area contributed by atoms with E-state index in [9.17, 15) is 9.59 Å². The molecule has 0 radical (unpaired) electrons. The SMILES string of the molecule is CNC(CCCCN1CCNC1=O)C(=O)O. The number of aliphatic carboxylic acids is 1. The molecule has 16 heavy (non-hydrogen) atoms. The van der Waals surface area contributed by atoms with E-state index in [0.717, 1.165) is 19.4 Å². The zero-order chi connectivity index (χ0) is 12.0. The number of nitrogens with zero attached hydrogens (tertiary/aromatic N) is 1. The molecule has 1 unspecified atom stereocenters. The van der Waals surface area contributed by atoms with Gasteiger partial charge in [-0.2, -0.15) is 0 Å². The summed E-state index contributed by atoms with van der Waals surface area (Å²) in [5, 5.41) is 14.3. The summed E-state index contributed by atoms with van der Waals surface area (Å²) in [7, 11) is 1.65. The number of carbonyl (C=O) groups is 2. The lowest BCUT2D eigenvalue weighted by Gasteiger charge is -2.15. The second-order valence-corrected chi connectivity index (χ2v) is 3.89. The van der Waals surface area contributed by atoms with Crippen LogP contribution in [0.5, 0.6) is 0 Å². The van der Waals surface area contributed by atoms with Crippen LogP contribution in [-0.4, -0.2) is 54.7 Å². The average molecular weight is 229 g/mol. The zero-order valence-electron chi connectivity index (χ0n) is 9.53. The van der Waals surface area contributed by atoms with Gasteiger partial charge in [-0.25, -0.2) is 4.79 Å². The number of nitrogens with one attached hydrogen (secondary N) is 2. The number of urea groups is 1. The number of hydrogen-bond acceptors (Lipinski definition) is 3. The molecule has 6 nitrogen and oxygen atoms in total. The van der Waals surface area contributed by atoms with Crippen molar-refractivity contribution in [3.05, 3.63) is 0 Å². The highest BCUT2D eigenvalue weighted by Gasteiger charge is 2.19. The van der Waals surface area contributed by atoms with Crippen LogP contribution < -0.4 is 10.6 Å². The molecule has 1 saturated heterocycles. The van der Waals surface area contributed by atoms with Crippen molar-refractivity contribution in [1.29, 1.82) is 0 Å². The van der Waals surface area contributed by atoms with Gasteiger partial charge in [0.1, 0.15) is 6.04 Å². The Kier molecular flexibility index (Phi) is 5.04. The van der Waals surface area contributed by atoms with Gasteiger partial charge >= 0.3 is 12.0 Å². The molecule has 92 valence electrons. The van der Waals surface area contributed by atoms with Gasteiger partial charge in [-0.05, 0) is 26.3 Å². The number of unbranched alkanes of at least 4 members (excludes halogenated alkanes) is 1. The summed E-state index contributed by atoms with van der Waals surface area (Å²) in [6.45, 7) is 2.18. The minimum atomic E-state index is -0.818. The van der Waals surface area contributed by atoms with E-state index in [0.29, 0.717) is 19.5 Å². The van der Waals surface area contributed by atoms with Gasteiger partial charge in [0, 0.05) is 19.6 Å². The van der Waals surface area contributed by atoms with Crippen LogP contribution in [0.3, 0.4) is 0 Å². The van der Waals surface area contributed by atoms with Crippen LogP contribution in [-0.2, 0) is 4.79 Å². The number of hydrogen-bond donors (Lipinski definition) is 3. The smallest absolute Gasteiger partial charge is 0.320 e. The zero-order valence-corrected chi connectivity index (χ0v) is 9.53. The van der Waals surface area contributed by atoms with E-state index < -0.39 is 12.0 Å². The maximum absolute atomic E-state index is 11.2. The minimum absolute atomic E-state index is 0.0107. The molecule has 1 fully saturated rings. The lowest BCUT2D eigenvalue weighted by molar-refractivity contribution is -0.139. The second-order valence-electron chi connectivity index (χ2n) is 3.89. The third-order valence-electron chi connectivity index (χ3n) is 2.76. The van der Waals surface area contributed by atoms with Crippen LogP contribution >= 0.6 is 0 Å². The van der Waals surface area contributed by atoms with Crippen LogP contribution in [0.1, 0.15) is 19.3 Å². The number of amides is 2. The molecule has 1 atom stereocenters. The van der Waals surface area contributed by atoms with Crippen molar-refractivity contribution in [3.8, 4) is 0 Å². The third kappa shape index (κ3) is 3.69. The summed E-state index contributed by atoms with van der Waals surface area (Å²) in [6, 6.07) is -0.490. The van der Waals surface area contributed by atoms with Crippen LogP contribution in [0.15, 0.2) is 0 Å². The lowest BCUT2D eigenvalue weighted by atomic mass is 10.1. The summed E-state index contributed by atoms with van der Waals surface area (Å²) in [5.74, 6) is -0.818. The highest BCUT2D eigenvalue weighted by atomic mass is 16.4. The Labute approximate surface area is 95.0 Å². The van der Waals surface area contributed by atoms with E-state index in [1.54, 1.807) is 11.9 Å². The van der Waals surface area contributed by atoms with Gasteiger partial charge in [0.05, 0.1) is 0 Å². The van der Waals surface area contributed by atoms with Crippen LogP contribution in [0, 0.1) is 0 Å². The molecule has 1 aliphatic heterocycles. The van der Waals surface area contributed by atoms with Crippen molar-refractivity contribution in [1.82, 2.24) is 15.5 Å². The fourth-order valence-electron chi connectivity index (χ4n) is 1.77. The van der Waals surface area contributed by atoms with E-state index in [2.05, 4.69) is 10.6 Å². The standard InChI is InChI=1S/C10H19N3O3/c1-11-8(9(14)15)4-2-3-6-13-7-5-12-10(13)16/h8,11H,2-7H2,1H3,(H,12,16)(H,14,15). The van der Waals surface area contributed by atoms with Crippen LogP contribution in [0.4, 0.5) is 4.79 Å². The molecule has 6 heteroatoms. The van der Waals surface area contributed by atoms with Gasteiger partial charge in [0.2, 0.25) is 0 Å². The maximum Gasteiger partial charge on any atom is 0.320 e.